The summed E-state index contributed by atoms with van der Waals surface area (Å²) in [6.07, 6.45) is 0. The van der Waals surface area contributed by atoms with Gasteiger partial charge in [0, 0.05) is 0 Å². The molecule has 2 N–H and O–H groups in total. The van der Waals surface area contributed by atoms with Crippen molar-refractivity contribution >= 4 is 17.6 Å². The third-order valence-electron chi connectivity index (χ3n) is 2.74. The molecular weight excluding hydrogens is 284 g/mol. The number of alkyl halides is 2. The van der Waals surface area contributed by atoms with Gasteiger partial charge in [-0.25, -0.2) is 0 Å². The average molecular weight is 301 g/mol. The fourth-order valence-corrected chi connectivity index (χ4v) is 1.85. The zero-order valence-corrected chi connectivity index (χ0v) is 11.9. The molecule has 7 heteroatoms. The Labute approximate surface area is 120 Å². The zero-order valence-electron chi connectivity index (χ0n) is 11.9. The predicted molar refractivity (Wildman–Crippen MR) is 72.3 cm³/mol. The topological polar surface area (TPSA) is 75.6 Å². The summed E-state index contributed by atoms with van der Waals surface area (Å²) in [5.41, 5.74) is -0.827. The Morgan fingerprint density at radius 1 is 1.24 bits per heavy atom. The molecule has 0 bridgehead atoms. The average Bonchev–Trinajstić information content (AvgIpc) is 2.28. The monoisotopic (exact) mass is 301 g/mol. The van der Waals surface area contributed by atoms with E-state index >= 15 is 0 Å². The number of carbonyl (C=O) groups is 2. The molecule has 0 aliphatic heterocycles. The first-order valence-corrected chi connectivity index (χ1v) is 6.20. The fourth-order valence-electron chi connectivity index (χ4n) is 1.85. The van der Waals surface area contributed by atoms with Gasteiger partial charge in [0.15, 0.2) is 0 Å². The number of para-hydroxylation sites is 2. The van der Waals surface area contributed by atoms with Crippen molar-refractivity contribution in [2.75, 3.05) is 5.32 Å². The highest BCUT2D eigenvalue weighted by Gasteiger charge is 2.38. The second kappa shape index (κ2) is 6.51. The van der Waals surface area contributed by atoms with E-state index in [1.54, 1.807) is 20.8 Å². The number of halogens is 2. The smallest absolute Gasteiger partial charge is 0.387 e. The predicted octanol–water partition coefficient (Wildman–Crippen LogP) is 2.97. The van der Waals surface area contributed by atoms with Gasteiger partial charge >= 0.3 is 12.6 Å². The van der Waals surface area contributed by atoms with Crippen LogP contribution in [0.4, 0.5) is 14.5 Å². The molecule has 1 amide bonds. The van der Waals surface area contributed by atoms with Crippen molar-refractivity contribution in [3.05, 3.63) is 24.3 Å². The Morgan fingerprint density at radius 3 is 2.29 bits per heavy atom. The number of rotatable bonds is 5. The molecule has 0 aromatic heterocycles. The first kappa shape index (κ1) is 16.9. The van der Waals surface area contributed by atoms with Crippen LogP contribution in [-0.2, 0) is 9.59 Å². The highest BCUT2D eigenvalue weighted by molar-refractivity contribution is 6.05. The molecule has 5 nitrogen and oxygen atoms in total. The van der Waals surface area contributed by atoms with Gasteiger partial charge in [0.25, 0.3) is 0 Å². The minimum Gasteiger partial charge on any atom is -0.481 e. The Balaban J connectivity index is 3.00. The van der Waals surface area contributed by atoms with Gasteiger partial charge in [0.2, 0.25) is 5.91 Å². The van der Waals surface area contributed by atoms with Crippen LogP contribution in [-0.4, -0.2) is 23.6 Å². The minimum absolute atomic E-state index is 0.00157. The van der Waals surface area contributed by atoms with E-state index < -0.39 is 29.8 Å². The lowest BCUT2D eigenvalue weighted by Crippen LogP contribution is -2.39. The van der Waals surface area contributed by atoms with Gasteiger partial charge in [0.1, 0.15) is 11.7 Å². The van der Waals surface area contributed by atoms with Crippen molar-refractivity contribution in [3.8, 4) is 5.75 Å². The van der Waals surface area contributed by atoms with Gasteiger partial charge in [-0.05, 0) is 17.5 Å². The van der Waals surface area contributed by atoms with Gasteiger partial charge in [-0.1, -0.05) is 32.9 Å². The second-order valence-corrected chi connectivity index (χ2v) is 5.50. The van der Waals surface area contributed by atoms with Crippen molar-refractivity contribution in [1.29, 1.82) is 0 Å². The summed E-state index contributed by atoms with van der Waals surface area (Å²) >= 11 is 0. The van der Waals surface area contributed by atoms with Crippen LogP contribution < -0.4 is 10.1 Å². The first-order valence-electron chi connectivity index (χ1n) is 6.20. The fraction of sp³-hybridized carbons (Fsp3) is 0.429. The number of nitrogens with one attached hydrogen (secondary N) is 1. The SMILES string of the molecule is CC(C)(C)C(C(=O)O)C(=O)Nc1ccccc1OC(F)F. The van der Waals surface area contributed by atoms with Gasteiger partial charge in [-0.3, -0.25) is 9.59 Å². The van der Waals surface area contributed by atoms with Crippen LogP contribution >= 0.6 is 0 Å². The van der Waals surface area contributed by atoms with E-state index in [1.165, 1.54) is 24.3 Å². The lowest BCUT2D eigenvalue weighted by Gasteiger charge is -2.26. The number of amides is 1. The highest BCUT2D eigenvalue weighted by atomic mass is 19.3. The van der Waals surface area contributed by atoms with Crippen LogP contribution in [0.2, 0.25) is 0 Å². The van der Waals surface area contributed by atoms with E-state index in [-0.39, 0.29) is 11.4 Å². The van der Waals surface area contributed by atoms with Gasteiger partial charge < -0.3 is 15.2 Å². The maximum absolute atomic E-state index is 12.3. The van der Waals surface area contributed by atoms with E-state index in [0.717, 1.165) is 0 Å². The second-order valence-electron chi connectivity index (χ2n) is 5.50. The summed E-state index contributed by atoms with van der Waals surface area (Å²) < 4.78 is 28.8. The third-order valence-corrected chi connectivity index (χ3v) is 2.74. The number of ether oxygens (including phenoxy) is 1. The number of hydrogen-bond donors (Lipinski definition) is 2. The third kappa shape index (κ3) is 4.70. The Bertz CT molecular complexity index is 526. The number of carboxylic acid groups (broad SMARTS) is 1. The van der Waals surface area contributed by atoms with Gasteiger partial charge in [0.05, 0.1) is 5.69 Å². The van der Waals surface area contributed by atoms with Gasteiger partial charge in [-0.15, -0.1) is 0 Å². The Hall–Kier alpha value is -2.18. The summed E-state index contributed by atoms with van der Waals surface area (Å²) in [5, 5.41) is 11.5. The number of aliphatic carboxylic acids is 1. The lowest BCUT2D eigenvalue weighted by atomic mass is 9.80. The summed E-state index contributed by atoms with van der Waals surface area (Å²) in [4.78, 5) is 23.3. The maximum Gasteiger partial charge on any atom is 0.387 e. The lowest BCUT2D eigenvalue weighted by molar-refractivity contribution is -0.149. The first-order chi connectivity index (χ1) is 9.62. The van der Waals surface area contributed by atoms with E-state index in [2.05, 4.69) is 10.1 Å². The molecule has 0 fully saturated rings. The highest BCUT2D eigenvalue weighted by Crippen LogP contribution is 2.30. The summed E-state index contributed by atoms with van der Waals surface area (Å²) in [6, 6.07) is 5.60. The normalized spacial score (nSPS) is 12.9. The van der Waals surface area contributed by atoms with E-state index in [1.807, 2.05) is 0 Å². The molecule has 0 aliphatic carbocycles. The molecule has 0 aliphatic rings. The molecule has 1 atom stereocenters. The van der Waals surface area contributed by atoms with E-state index in [9.17, 15) is 18.4 Å². The number of hydrogen-bond acceptors (Lipinski definition) is 3. The molecule has 1 aromatic carbocycles. The molecule has 0 radical (unpaired) electrons. The molecule has 1 rings (SSSR count). The minimum atomic E-state index is -3.04. The van der Waals surface area contributed by atoms with Crippen LogP contribution in [0, 0.1) is 11.3 Å². The van der Waals surface area contributed by atoms with Crippen molar-refractivity contribution < 1.29 is 28.2 Å². The molecule has 0 heterocycles. The van der Waals surface area contributed by atoms with Crippen LogP contribution in [0.3, 0.4) is 0 Å². The summed E-state index contributed by atoms with van der Waals surface area (Å²) in [5.74, 6) is -3.62. The molecule has 21 heavy (non-hydrogen) atoms. The maximum atomic E-state index is 12.3. The molecule has 1 aromatic rings. The molecule has 0 saturated heterocycles. The standard InChI is InChI=1S/C14H17F2NO4/c1-14(2,3)10(12(19)20)11(18)17-8-6-4-5-7-9(8)21-13(15)16/h4-7,10,13H,1-3H3,(H,17,18)(H,19,20). The van der Waals surface area contributed by atoms with E-state index in [0.29, 0.717) is 0 Å². The van der Waals surface area contributed by atoms with Crippen molar-refractivity contribution in [2.24, 2.45) is 11.3 Å². The number of benzene rings is 1. The summed E-state index contributed by atoms with van der Waals surface area (Å²) in [7, 11) is 0. The quantitative estimate of drug-likeness (QED) is 0.820. The molecule has 0 saturated carbocycles. The Morgan fingerprint density at radius 2 is 1.81 bits per heavy atom. The number of carbonyl (C=O) groups excluding carboxylic acids is 1. The van der Waals surface area contributed by atoms with Crippen molar-refractivity contribution in [1.82, 2.24) is 0 Å². The number of anilines is 1. The van der Waals surface area contributed by atoms with E-state index in [4.69, 9.17) is 5.11 Å². The Kier molecular flexibility index (Phi) is 5.23. The van der Waals surface area contributed by atoms with Crippen LogP contribution in [0.5, 0.6) is 5.75 Å². The molecular formula is C14H17F2NO4. The number of carboxylic acids is 1. The van der Waals surface area contributed by atoms with Crippen LogP contribution in [0.1, 0.15) is 20.8 Å². The van der Waals surface area contributed by atoms with Gasteiger partial charge in [-0.2, -0.15) is 8.78 Å². The van der Waals surface area contributed by atoms with Crippen LogP contribution in [0.15, 0.2) is 24.3 Å². The zero-order chi connectivity index (χ0) is 16.2. The largest absolute Gasteiger partial charge is 0.481 e. The molecule has 1 unspecified atom stereocenters. The van der Waals surface area contributed by atoms with Crippen LogP contribution in [0.25, 0.3) is 0 Å². The molecule has 0 spiro atoms. The van der Waals surface area contributed by atoms with Crippen molar-refractivity contribution in [2.45, 2.75) is 27.4 Å². The summed E-state index contributed by atoms with van der Waals surface area (Å²) in [6.45, 7) is 1.77. The van der Waals surface area contributed by atoms with Crippen molar-refractivity contribution in [3.63, 3.8) is 0 Å². The molecule has 116 valence electrons.